The van der Waals surface area contributed by atoms with Crippen LogP contribution in [0.5, 0.6) is 0 Å². The van der Waals surface area contributed by atoms with Crippen LogP contribution in [0.1, 0.15) is 76.3 Å². The Kier molecular flexibility index (Phi) is 4.03. The van der Waals surface area contributed by atoms with Crippen molar-refractivity contribution in [2.24, 2.45) is 17.3 Å². The van der Waals surface area contributed by atoms with E-state index in [1.165, 1.54) is 44.9 Å². The van der Waals surface area contributed by atoms with E-state index in [4.69, 9.17) is 5.73 Å². The summed E-state index contributed by atoms with van der Waals surface area (Å²) in [6, 6.07) is 6.68. The van der Waals surface area contributed by atoms with Gasteiger partial charge in [-0.2, -0.15) is 0 Å². The van der Waals surface area contributed by atoms with Gasteiger partial charge in [0.05, 0.1) is 0 Å². The Bertz CT molecular complexity index is 507. The van der Waals surface area contributed by atoms with Gasteiger partial charge >= 0.3 is 0 Å². The third kappa shape index (κ3) is 2.39. The highest BCUT2D eigenvalue weighted by atomic mass is 14.6. The zero-order chi connectivity index (χ0) is 15.0. The maximum atomic E-state index is 5.96. The Labute approximate surface area is 130 Å². The van der Waals surface area contributed by atoms with Crippen LogP contribution in [0, 0.1) is 17.3 Å². The summed E-state index contributed by atoms with van der Waals surface area (Å²) in [6.07, 6.45) is 9.96. The summed E-state index contributed by atoms with van der Waals surface area (Å²) in [4.78, 5) is 0. The normalized spacial score (nSPS) is 36.8. The number of anilines is 1. The molecule has 3 aliphatic rings. The second-order valence-electron chi connectivity index (χ2n) is 7.46. The maximum Gasteiger partial charge on any atom is 0.0316 e. The molecule has 1 aromatic carbocycles. The lowest BCUT2D eigenvalue weighted by Gasteiger charge is -2.49. The molecule has 0 amide bonds. The van der Waals surface area contributed by atoms with Crippen molar-refractivity contribution in [2.75, 3.05) is 5.73 Å². The first kappa shape index (κ1) is 14.9. The van der Waals surface area contributed by atoms with E-state index >= 15 is 0 Å². The SMILES string of the molecule is CC.CC12CCCC1C1CCc3cc(N)ccc3C1CC2. The van der Waals surface area contributed by atoms with Gasteiger partial charge in [0, 0.05) is 5.69 Å². The van der Waals surface area contributed by atoms with Crippen LogP contribution < -0.4 is 5.73 Å². The van der Waals surface area contributed by atoms with E-state index in [1.807, 2.05) is 13.8 Å². The maximum absolute atomic E-state index is 5.96. The van der Waals surface area contributed by atoms with Crippen molar-refractivity contribution < 1.29 is 0 Å². The van der Waals surface area contributed by atoms with Crippen LogP contribution in [0.4, 0.5) is 5.69 Å². The molecule has 1 aromatic rings. The van der Waals surface area contributed by atoms with Crippen molar-refractivity contribution in [3.8, 4) is 0 Å². The molecule has 116 valence electrons. The summed E-state index contributed by atoms with van der Waals surface area (Å²) < 4.78 is 0. The summed E-state index contributed by atoms with van der Waals surface area (Å²) in [5, 5.41) is 0. The first-order valence-corrected chi connectivity index (χ1v) is 9.06. The van der Waals surface area contributed by atoms with Crippen molar-refractivity contribution in [3.05, 3.63) is 29.3 Å². The van der Waals surface area contributed by atoms with Gasteiger partial charge in [-0.3, -0.25) is 0 Å². The van der Waals surface area contributed by atoms with Gasteiger partial charge in [0.15, 0.2) is 0 Å². The monoisotopic (exact) mass is 285 g/mol. The average Bonchev–Trinajstić information content (AvgIpc) is 2.90. The number of hydrogen-bond donors (Lipinski definition) is 1. The van der Waals surface area contributed by atoms with Crippen molar-refractivity contribution >= 4 is 5.69 Å². The second kappa shape index (κ2) is 5.66. The van der Waals surface area contributed by atoms with Gasteiger partial charge in [0.2, 0.25) is 0 Å². The minimum Gasteiger partial charge on any atom is -0.399 e. The number of nitrogens with two attached hydrogens (primary N) is 1. The number of hydrogen-bond acceptors (Lipinski definition) is 1. The summed E-state index contributed by atoms with van der Waals surface area (Å²) in [5.74, 6) is 2.79. The minimum atomic E-state index is 0.673. The van der Waals surface area contributed by atoms with Gasteiger partial charge in [0.1, 0.15) is 0 Å². The molecule has 0 aliphatic heterocycles. The quantitative estimate of drug-likeness (QED) is 0.622. The van der Waals surface area contributed by atoms with Crippen LogP contribution in [0.2, 0.25) is 0 Å². The Morgan fingerprint density at radius 2 is 1.90 bits per heavy atom. The first-order valence-electron chi connectivity index (χ1n) is 9.06. The second-order valence-corrected chi connectivity index (χ2v) is 7.46. The Hall–Kier alpha value is -0.980. The summed E-state index contributed by atoms with van der Waals surface area (Å²) in [7, 11) is 0. The Morgan fingerprint density at radius 3 is 2.71 bits per heavy atom. The average molecular weight is 285 g/mol. The van der Waals surface area contributed by atoms with Gasteiger partial charge in [0.25, 0.3) is 0 Å². The number of nitrogen functional groups attached to an aromatic ring is 1. The fraction of sp³-hybridized carbons (Fsp3) is 0.700. The topological polar surface area (TPSA) is 26.0 Å². The van der Waals surface area contributed by atoms with Crippen LogP contribution in [-0.2, 0) is 6.42 Å². The number of benzene rings is 1. The van der Waals surface area contributed by atoms with E-state index in [2.05, 4.69) is 25.1 Å². The van der Waals surface area contributed by atoms with Crippen molar-refractivity contribution in [3.63, 3.8) is 0 Å². The molecular formula is C20H31N. The standard InChI is InChI=1S/C18H25N.C2H6/c1-18-9-2-3-17(18)16-6-4-12-11-13(19)5-7-14(12)15(16)8-10-18;1-2/h5,7,11,15-17H,2-4,6,8-10,19H2,1H3;1-2H3. The van der Waals surface area contributed by atoms with E-state index in [-0.39, 0.29) is 0 Å². The summed E-state index contributed by atoms with van der Waals surface area (Å²) in [5.41, 5.74) is 10.8. The molecule has 0 heterocycles. The molecule has 4 atom stereocenters. The molecule has 2 N–H and O–H groups in total. The third-order valence-electron chi connectivity index (χ3n) is 6.53. The van der Waals surface area contributed by atoms with Crippen molar-refractivity contribution in [2.45, 2.75) is 71.6 Å². The predicted octanol–water partition coefficient (Wildman–Crippen LogP) is 5.54. The molecule has 0 spiro atoms. The van der Waals surface area contributed by atoms with Crippen LogP contribution in [-0.4, -0.2) is 0 Å². The zero-order valence-electron chi connectivity index (χ0n) is 14.0. The molecule has 0 bridgehead atoms. The third-order valence-corrected chi connectivity index (χ3v) is 6.53. The number of fused-ring (bicyclic) bond motifs is 5. The first-order chi connectivity index (χ1) is 10.2. The predicted molar refractivity (Wildman–Crippen MR) is 91.4 cm³/mol. The van der Waals surface area contributed by atoms with Crippen LogP contribution in [0.3, 0.4) is 0 Å². The highest BCUT2D eigenvalue weighted by Crippen LogP contribution is 2.60. The lowest BCUT2D eigenvalue weighted by atomic mass is 9.56. The molecule has 0 saturated heterocycles. The van der Waals surface area contributed by atoms with Crippen molar-refractivity contribution in [1.29, 1.82) is 0 Å². The molecule has 1 heteroatoms. The molecule has 21 heavy (non-hydrogen) atoms. The Balaban J connectivity index is 0.000000636. The van der Waals surface area contributed by atoms with Crippen LogP contribution >= 0.6 is 0 Å². The van der Waals surface area contributed by atoms with Crippen LogP contribution in [0.15, 0.2) is 18.2 Å². The zero-order valence-corrected chi connectivity index (χ0v) is 14.0. The Morgan fingerprint density at radius 1 is 1.10 bits per heavy atom. The van der Waals surface area contributed by atoms with Gasteiger partial charge in [-0.15, -0.1) is 0 Å². The molecule has 4 unspecified atom stereocenters. The molecule has 2 fully saturated rings. The van der Waals surface area contributed by atoms with Crippen LogP contribution in [0.25, 0.3) is 0 Å². The van der Waals surface area contributed by atoms with Gasteiger partial charge < -0.3 is 5.73 Å². The highest BCUT2D eigenvalue weighted by molar-refractivity contribution is 5.47. The molecule has 2 saturated carbocycles. The smallest absolute Gasteiger partial charge is 0.0316 e. The molecular weight excluding hydrogens is 254 g/mol. The van der Waals surface area contributed by atoms with Gasteiger partial charge in [-0.1, -0.05) is 33.3 Å². The van der Waals surface area contributed by atoms with Gasteiger partial charge in [-0.05, 0) is 85.0 Å². The van der Waals surface area contributed by atoms with E-state index in [9.17, 15) is 0 Å². The lowest BCUT2D eigenvalue weighted by molar-refractivity contribution is 0.0599. The molecule has 0 aromatic heterocycles. The molecule has 3 aliphatic carbocycles. The largest absolute Gasteiger partial charge is 0.399 e. The molecule has 1 nitrogen and oxygen atoms in total. The number of aryl methyl sites for hydroxylation is 1. The van der Waals surface area contributed by atoms with E-state index in [0.717, 1.165) is 23.4 Å². The summed E-state index contributed by atoms with van der Waals surface area (Å²) in [6.45, 7) is 6.57. The van der Waals surface area contributed by atoms with Gasteiger partial charge in [-0.25, -0.2) is 0 Å². The minimum absolute atomic E-state index is 0.673. The highest BCUT2D eigenvalue weighted by Gasteiger charge is 2.49. The summed E-state index contributed by atoms with van der Waals surface area (Å²) >= 11 is 0. The fourth-order valence-corrected chi connectivity index (χ4v) is 5.60. The fourth-order valence-electron chi connectivity index (χ4n) is 5.60. The van der Waals surface area contributed by atoms with Crippen molar-refractivity contribution in [1.82, 2.24) is 0 Å². The number of rotatable bonds is 0. The molecule has 4 rings (SSSR count). The molecule has 0 radical (unpaired) electrons. The van der Waals surface area contributed by atoms with E-state index in [0.29, 0.717) is 5.41 Å². The van der Waals surface area contributed by atoms with E-state index < -0.39 is 0 Å². The lowest BCUT2D eigenvalue weighted by Crippen LogP contribution is -2.39. The van der Waals surface area contributed by atoms with E-state index in [1.54, 1.807) is 11.1 Å².